The Hall–Kier alpha value is -0.890. The van der Waals surface area contributed by atoms with Gasteiger partial charge in [-0.2, -0.15) is 0 Å². The van der Waals surface area contributed by atoms with Crippen LogP contribution in [-0.2, 0) is 17.4 Å². The van der Waals surface area contributed by atoms with Gasteiger partial charge in [-0.15, -0.1) is 0 Å². The first kappa shape index (κ1) is 25.1. The summed E-state index contributed by atoms with van der Waals surface area (Å²) in [5, 5.41) is 2.99. The summed E-state index contributed by atoms with van der Waals surface area (Å²) in [6, 6.07) is 0. The van der Waals surface area contributed by atoms with Crippen molar-refractivity contribution in [2.24, 2.45) is 0 Å². The van der Waals surface area contributed by atoms with E-state index in [4.69, 9.17) is 7.80 Å². The van der Waals surface area contributed by atoms with Crippen LogP contribution in [0.3, 0.4) is 0 Å². The average Bonchev–Trinajstić information content (AvgIpc) is 2.56. The predicted molar refractivity (Wildman–Crippen MR) is 117 cm³/mol. The van der Waals surface area contributed by atoms with E-state index >= 15 is 0 Å². The molecule has 0 amide bonds. The molecule has 0 spiro atoms. The Bertz CT molecular complexity index is 469. The van der Waals surface area contributed by atoms with Crippen molar-refractivity contribution < 1.29 is 17.4 Å². The van der Waals surface area contributed by atoms with Gasteiger partial charge in [0, 0.05) is 0 Å². The Labute approximate surface area is 166 Å². The number of alkyl halides is 2. The quantitative estimate of drug-likeness (QED) is 0.0982. The van der Waals surface area contributed by atoms with Gasteiger partial charge in [0.2, 0.25) is 0 Å². The molecule has 0 radical (unpaired) electrons. The molecule has 0 aromatic carbocycles. The summed E-state index contributed by atoms with van der Waals surface area (Å²) in [5.74, 6) is 0.690. The summed E-state index contributed by atoms with van der Waals surface area (Å²) in [4.78, 5) is 21.0. The fourth-order valence-electron chi connectivity index (χ4n) is 2.41. The first-order valence-electron chi connectivity index (χ1n) is 9.21. The number of hydrogen-bond acceptors (Lipinski definition) is 5. The van der Waals surface area contributed by atoms with Gasteiger partial charge in [-0.3, -0.25) is 0 Å². The normalized spacial score (nSPS) is 14.6. The Morgan fingerprint density at radius 3 is 2.42 bits per heavy atom. The van der Waals surface area contributed by atoms with Crippen molar-refractivity contribution in [3.05, 3.63) is 23.6 Å². The van der Waals surface area contributed by atoms with Gasteiger partial charge in [-0.25, -0.2) is 0 Å². The molecule has 1 N–H and O–H groups in total. The number of nitrogens with one attached hydrogen (secondary N) is 1. The molecular formula is C20H36INO4. The van der Waals surface area contributed by atoms with Crippen LogP contribution in [0.5, 0.6) is 0 Å². The van der Waals surface area contributed by atoms with Gasteiger partial charge in [0.1, 0.15) is 0 Å². The molecule has 6 heteroatoms. The third-order valence-corrected chi connectivity index (χ3v) is 10.3. The minimum atomic E-state index is -1.57. The van der Waals surface area contributed by atoms with Crippen LogP contribution < -0.4 is 5.32 Å². The third kappa shape index (κ3) is 11.0. The molecule has 0 aromatic rings. The second-order valence-electron chi connectivity index (χ2n) is 6.90. The first-order valence-corrected chi connectivity index (χ1v) is 12.4. The molecule has 0 aliphatic carbocycles. The number of aldehydes is 2. The van der Waals surface area contributed by atoms with E-state index in [-0.39, 0.29) is 9.97 Å². The van der Waals surface area contributed by atoms with Crippen molar-refractivity contribution in [2.75, 3.05) is 19.8 Å². The van der Waals surface area contributed by atoms with Crippen LogP contribution in [0.15, 0.2) is 23.6 Å². The van der Waals surface area contributed by atoms with Gasteiger partial charge >= 0.3 is 167 Å². The van der Waals surface area contributed by atoms with Crippen molar-refractivity contribution in [3.8, 4) is 0 Å². The van der Waals surface area contributed by atoms with Crippen molar-refractivity contribution in [1.29, 1.82) is 0 Å². The Morgan fingerprint density at radius 1 is 1.19 bits per heavy atom. The molecule has 0 rings (SSSR count). The molecule has 0 bridgehead atoms. The average molecular weight is 481 g/mol. The number of carbonyl (C=O) groups is 2. The summed E-state index contributed by atoms with van der Waals surface area (Å²) in [6.45, 7) is 14.4. The molecule has 0 unspecified atom stereocenters. The summed E-state index contributed by atoms with van der Waals surface area (Å²) >= 11 is -1.57. The van der Waals surface area contributed by atoms with Gasteiger partial charge in [-0.1, -0.05) is 0 Å². The van der Waals surface area contributed by atoms with Crippen molar-refractivity contribution >= 4 is 32.8 Å². The Kier molecular flexibility index (Phi) is 13.7. The van der Waals surface area contributed by atoms with Crippen LogP contribution >= 0.6 is 20.2 Å². The van der Waals surface area contributed by atoms with Crippen LogP contribution in [0.4, 0.5) is 0 Å². The summed E-state index contributed by atoms with van der Waals surface area (Å²) in [7, 11) is 0. The van der Waals surface area contributed by atoms with E-state index in [1.54, 1.807) is 12.2 Å². The molecular weight excluding hydrogens is 445 g/mol. The molecule has 26 heavy (non-hydrogen) atoms. The maximum atomic E-state index is 10.6. The van der Waals surface area contributed by atoms with E-state index in [0.29, 0.717) is 35.0 Å². The van der Waals surface area contributed by atoms with Crippen molar-refractivity contribution in [3.63, 3.8) is 0 Å². The van der Waals surface area contributed by atoms with Gasteiger partial charge < -0.3 is 0 Å². The van der Waals surface area contributed by atoms with Crippen LogP contribution in [0.1, 0.15) is 60.8 Å². The van der Waals surface area contributed by atoms with Gasteiger partial charge in [-0.05, 0) is 0 Å². The SMILES string of the molecule is CCC[C@@H](C)I(OCCO/C(C)=C(/C=C\CC=O)NCC=O)C(C)(C)C. The number of allylic oxidation sites excluding steroid dienone is 3. The zero-order chi connectivity index (χ0) is 20.0. The molecule has 0 fully saturated rings. The maximum absolute atomic E-state index is 10.6. The molecule has 0 saturated carbocycles. The Morgan fingerprint density at radius 2 is 1.88 bits per heavy atom. The van der Waals surface area contributed by atoms with E-state index < -0.39 is 20.2 Å². The minimum absolute atomic E-state index is 0.201. The number of halogens is 1. The Balaban J connectivity index is 4.70. The number of rotatable bonds is 14. The van der Waals surface area contributed by atoms with Gasteiger partial charge in [0.25, 0.3) is 0 Å². The fraction of sp³-hybridized carbons (Fsp3) is 0.700. The number of carbonyl (C=O) groups excluding carboxylic acids is 2. The summed E-state index contributed by atoms with van der Waals surface area (Å²) in [6.07, 6.45) is 7.85. The van der Waals surface area contributed by atoms with E-state index in [9.17, 15) is 9.59 Å². The zero-order valence-corrected chi connectivity index (χ0v) is 19.3. The van der Waals surface area contributed by atoms with Crippen molar-refractivity contribution in [2.45, 2.75) is 68.2 Å². The standard InChI is InChI=1S/C20H36INO4/c1-7-10-17(2)21(20(4,5)6)26-16-15-25-18(3)19(22-12-14-24)11-8-9-13-23/h8,11,13-14,17,22H,7,9-10,12,15-16H2,1-6H3/b11-8-,19-18-/t17-/m1/s1. The number of ether oxygens (including phenoxy) is 1. The van der Waals surface area contributed by atoms with E-state index in [1.165, 1.54) is 12.8 Å². The van der Waals surface area contributed by atoms with Gasteiger partial charge in [0.15, 0.2) is 0 Å². The molecule has 0 heterocycles. The molecule has 152 valence electrons. The summed E-state index contributed by atoms with van der Waals surface area (Å²) < 4.78 is 13.0. The van der Waals surface area contributed by atoms with E-state index in [0.717, 1.165) is 12.6 Å². The van der Waals surface area contributed by atoms with E-state index in [1.807, 2.05) is 6.92 Å². The van der Waals surface area contributed by atoms with Gasteiger partial charge in [0.05, 0.1) is 0 Å². The molecule has 0 aliphatic heterocycles. The van der Waals surface area contributed by atoms with Crippen LogP contribution in [0.25, 0.3) is 0 Å². The van der Waals surface area contributed by atoms with Crippen LogP contribution in [0, 0.1) is 0 Å². The monoisotopic (exact) mass is 481 g/mol. The molecule has 1 atom stereocenters. The topological polar surface area (TPSA) is 64.6 Å². The molecule has 0 saturated heterocycles. The van der Waals surface area contributed by atoms with Crippen LogP contribution in [-0.4, -0.2) is 39.7 Å². The third-order valence-electron chi connectivity index (χ3n) is 3.45. The van der Waals surface area contributed by atoms with Crippen molar-refractivity contribution in [1.82, 2.24) is 5.32 Å². The van der Waals surface area contributed by atoms with Crippen LogP contribution in [0.2, 0.25) is 0 Å². The predicted octanol–water partition coefficient (Wildman–Crippen LogP) is 4.59. The molecule has 5 nitrogen and oxygen atoms in total. The second-order valence-corrected chi connectivity index (χ2v) is 14.5. The zero-order valence-electron chi connectivity index (χ0n) is 17.1. The molecule has 0 aliphatic rings. The first-order chi connectivity index (χ1) is 12.3. The number of hydrogen-bond donors (Lipinski definition) is 1. The van der Waals surface area contributed by atoms with E-state index in [2.05, 4.69) is 39.9 Å². The summed E-state index contributed by atoms with van der Waals surface area (Å²) in [5.41, 5.74) is 0.712. The fourth-order valence-corrected chi connectivity index (χ4v) is 8.99. The second kappa shape index (κ2) is 14.2. The molecule has 0 aromatic heterocycles.